The van der Waals surface area contributed by atoms with Crippen molar-refractivity contribution in [3.8, 4) is 0 Å². The Bertz CT molecular complexity index is 612. The molecule has 0 radical (unpaired) electrons. The van der Waals surface area contributed by atoms with E-state index < -0.39 is 21.7 Å². The molecule has 2 heterocycles. The van der Waals surface area contributed by atoms with E-state index in [0.29, 0.717) is 18.7 Å². The minimum atomic E-state index is -3.82. The van der Waals surface area contributed by atoms with Gasteiger partial charge in [0.15, 0.2) is 5.82 Å². The van der Waals surface area contributed by atoms with Crippen LogP contribution in [0.15, 0.2) is 4.90 Å². The highest BCUT2D eigenvalue weighted by Crippen LogP contribution is 2.26. The van der Waals surface area contributed by atoms with Gasteiger partial charge in [-0.25, -0.2) is 13.1 Å². The van der Waals surface area contributed by atoms with Crippen LogP contribution >= 0.6 is 0 Å². The summed E-state index contributed by atoms with van der Waals surface area (Å²) < 4.78 is 33.7. The fourth-order valence-corrected chi connectivity index (χ4v) is 3.66. The highest BCUT2D eigenvalue weighted by atomic mass is 32.2. The predicted octanol–water partition coefficient (Wildman–Crippen LogP) is -0.871. The largest absolute Gasteiger partial charge is 0.386 e. The average Bonchev–Trinajstić information content (AvgIpc) is 2.80. The standard InChI is InChI=1S/C11H20N4O4S/c1-7-9(10(12)14-15(7)3)20(17,18)13-6-11(16)4-5-19-8(11)2/h8,13,16H,4-6H2,1-3H3,(H2,12,14). The van der Waals surface area contributed by atoms with Crippen LogP contribution in [0.2, 0.25) is 0 Å². The van der Waals surface area contributed by atoms with Crippen molar-refractivity contribution < 1.29 is 18.3 Å². The second-order valence-electron chi connectivity index (χ2n) is 5.11. The molecule has 1 aromatic rings. The van der Waals surface area contributed by atoms with Crippen molar-refractivity contribution in [1.82, 2.24) is 14.5 Å². The summed E-state index contributed by atoms with van der Waals surface area (Å²) in [6.45, 7) is 3.62. The van der Waals surface area contributed by atoms with Gasteiger partial charge in [0.1, 0.15) is 10.5 Å². The van der Waals surface area contributed by atoms with Gasteiger partial charge in [-0.15, -0.1) is 0 Å². The predicted molar refractivity (Wildman–Crippen MR) is 72.5 cm³/mol. The molecule has 0 aromatic carbocycles. The number of hydrogen-bond acceptors (Lipinski definition) is 6. The molecule has 20 heavy (non-hydrogen) atoms. The summed E-state index contributed by atoms with van der Waals surface area (Å²) in [5, 5.41) is 14.2. The Hall–Kier alpha value is -1.16. The van der Waals surface area contributed by atoms with Crippen LogP contribution in [0.25, 0.3) is 0 Å². The van der Waals surface area contributed by atoms with Gasteiger partial charge < -0.3 is 15.6 Å². The molecule has 1 aliphatic heterocycles. The van der Waals surface area contributed by atoms with Crippen LogP contribution in [-0.4, -0.2) is 48.2 Å². The molecule has 114 valence electrons. The Morgan fingerprint density at radius 3 is 2.75 bits per heavy atom. The van der Waals surface area contributed by atoms with Gasteiger partial charge in [-0.2, -0.15) is 5.10 Å². The lowest BCUT2D eigenvalue weighted by Gasteiger charge is -2.26. The van der Waals surface area contributed by atoms with Crippen molar-refractivity contribution >= 4 is 15.8 Å². The quantitative estimate of drug-likeness (QED) is 0.665. The summed E-state index contributed by atoms with van der Waals surface area (Å²) >= 11 is 0. The number of nitrogens with zero attached hydrogens (tertiary/aromatic N) is 2. The third-order valence-corrected chi connectivity index (χ3v) is 5.37. The van der Waals surface area contributed by atoms with E-state index in [1.807, 2.05) is 0 Å². The fraction of sp³-hybridized carbons (Fsp3) is 0.727. The van der Waals surface area contributed by atoms with Crippen molar-refractivity contribution in [2.75, 3.05) is 18.9 Å². The van der Waals surface area contributed by atoms with E-state index in [1.54, 1.807) is 20.9 Å². The first kappa shape index (κ1) is 15.2. The van der Waals surface area contributed by atoms with E-state index in [4.69, 9.17) is 10.5 Å². The number of aliphatic hydroxyl groups is 1. The lowest BCUT2D eigenvalue weighted by atomic mass is 9.97. The first-order valence-electron chi connectivity index (χ1n) is 6.30. The zero-order valence-corrected chi connectivity index (χ0v) is 12.6. The number of sulfonamides is 1. The van der Waals surface area contributed by atoms with Crippen LogP contribution in [0, 0.1) is 6.92 Å². The van der Waals surface area contributed by atoms with E-state index >= 15 is 0 Å². The second kappa shape index (κ2) is 4.99. The van der Waals surface area contributed by atoms with Gasteiger partial charge in [0.05, 0.1) is 11.8 Å². The van der Waals surface area contributed by atoms with Gasteiger partial charge in [0.25, 0.3) is 0 Å². The van der Waals surface area contributed by atoms with E-state index in [-0.39, 0.29) is 17.3 Å². The summed E-state index contributed by atoms with van der Waals surface area (Å²) in [5.41, 5.74) is 4.88. The molecule has 2 rings (SSSR count). The molecule has 2 unspecified atom stereocenters. The maximum atomic E-state index is 12.3. The first-order chi connectivity index (χ1) is 9.17. The van der Waals surface area contributed by atoms with Crippen molar-refractivity contribution in [3.63, 3.8) is 0 Å². The van der Waals surface area contributed by atoms with Gasteiger partial charge in [-0.3, -0.25) is 4.68 Å². The molecule has 0 aliphatic carbocycles. The molecule has 0 saturated carbocycles. The minimum Gasteiger partial charge on any atom is -0.386 e. The maximum Gasteiger partial charge on any atom is 0.246 e. The van der Waals surface area contributed by atoms with Gasteiger partial charge in [0, 0.05) is 26.6 Å². The van der Waals surface area contributed by atoms with Crippen LogP contribution in [0.5, 0.6) is 0 Å². The van der Waals surface area contributed by atoms with Crippen molar-refractivity contribution in [1.29, 1.82) is 0 Å². The van der Waals surface area contributed by atoms with Crippen LogP contribution in [-0.2, 0) is 21.8 Å². The summed E-state index contributed by atoms with van der Waals surface area (Å²) in [5.74, 6) is -0.0554. The van der Waals surface area contributed by atoms with E-state index in [1.165, 1.54) is 4.68 Å². The zero-order chi connectivity index (χ0) is 15.1. The zero-order valence-electron chi connectivity index (χ0n) is 11.8. The number of ether oxygens (including phenoxy) is 1. The molecule has 4 N–H and O–H groups in total. The summed E-state index contributed by atoms with van der Waals surface area (Å²) in [7, 11) is -2.21. The monoisotopic (exact) mass is 304 g/mol. The summed E-state index contributed by atoms with van der Waals surface area (Å²) in [6, 6.07) is 0. The van der Waals surface area contributed by atoms with Gasteiger partial charge in [-0.1, -0.05) is 0 Å². The highest BCUT2D eigenvalue weighted by Gasteiger charge is 2.40. The number of rotatable bonds is 4. The molecule has 1 aliphatic rings. The van der Waals surface area contributed by atoms with E-state index in [9.17, 15) is 13.5 Å². The Morgan fingerprint density at radius 1 is 1.65 bits per heavy atom. The van der Waals surface area contributed by atoms with Crippen LogP contribution in [0.4, 0.5) is 5.82 Å². The Labute approximate surface area is 118 Å². The third kappa shape index (κ3) is 2.53. The van der Waals surface area contributed by atoms with Crippen molar-refractivity contribution in [2.24, 2.45) is 7.05 Å². The molecule has 8 nitrogen and oxygen atoms in total. The SMILES string of the molecule is Cc1c(S(=O)(=O)NCC2(O)CCOC2C)c(N)nn1C. The average molecular weight is 304 g/mol. The molecule has 2 atom stereocenters. The normalized spacial score (nSPS) is 27.1. The number of nitrogens with one attached hydrogen (secondary N) is 1. The first-order valence-corrected chi connectivity index (χ1v) is 7.78. The minimum absolute atomic E-state index is 0.0461. The van der Waals surface area contributed by atoms with E-state index in [0.717, 1.165) is 0 Å². The lowest BCUT2D eigenvalue weighted by Crippen LogP contribution is -2.47. The maximum absolute atomic E-state index is 12.3. The molecular formula is C11H20N4O4S. The highest BCUT2D eigenvalue weighted by molar-refractivity contribution is 7.89. The molecule has 1 aromatic heterocycles. The van der Waals surface area contributed by atoms with Crippen LogP contribution in [0.3, 0.4) is 0 Å². The van der Waals surface area contributed by atoms with E-state index in [2.05, 4.69) is 9.82 Å². The summed E-state index contributed by atoms with van der Waals surface area (Å²) in [4.78, 5) is -0.0461. The van der Waals surface area contributed by atoms with Gasteiger partial charge >= 0.3 is 0 Å². The molecule has 0 spiro atoms. The van der Waals surface area contributed by atoms with Crippen molar-refractivity contribution in [2.45, 2.75) is 36.9 Å². The van der Waals surface area contributed by atoms with Gasteiger partial charge in [0.2, 0.25) is 10.0 Å². The number of aryl methyl sites for hydroxylation is 1. The number of nitrogens with two attached hydrogens (primary N) is 1. The summed E-state index contributed by atoms with van der Waals surface area (Å²) in [6.07, 6.45) is -0.0318. The number of aromatic nitrogens is 2. The molecule has 1 saturated heterocycles. The van der Waals surface area contributed by atoms with Crippen molar-refractivity contribution in [3.05, 3.63) is 5.69 Å². The number of nitrogen functional groups attached to an aromatic ring is 1. The topological polar surface area (TPSA) is 119 Å². The Morgan fingerprint density at radius 2 is 2.30 bits per heavy atom. The number of hydrogen-bond donors (Lipinski definition) is 3. The van der Waals surface area contributed by atoms with Gasteiger partial charge in [-0.05, 0) is 13.8 Å². The number of anilines is 1. The molecular weight excluding hydrogens is 284 g/mol. The molecule has 0 amide bonds. The lowest BCUT2D eigenvalue weighted by molar-refractivity contribution is -0.0228. The Kier molecular flexibility index (Phi) is 3.80. The molecule has 9 heteroatoms. The van der Waals surface area contributed by atoms with Crippen LogP contribution < -0.4 is 10.5 Å². The third-order valence-electron chi connectivity index (χ3n) is 3.80. The molecule has 0 bridgehead atoms. The van der Waals surface area contributed by atoms with Crippen LogP contribution in [0.1, 0.15) is 19.0 Å². The second-order valence-corrected chi connectivity index (χ2v) is 6.82. The smallest absolute Gasteiger partial charge is 0.246 e. The molecule has 1 fully saturated rings. The Balaban J connectivity index is 2.20. The fourth-order valence-electron chi connectivity index (χ4n) is 2.24.